The number of hydrogen-bond donors (Lipinski definition) is 1. The Labute approximate surface area is 501 Å². The number of nitrogens with zero attached hydrogens (tertiary/aromatic N) is 7. The number of thiazole rings is 2. The molecule has 12 rings (SSSR count). The van der Waals surface area contributed by atoms with Crippen LogP contribution in [0.25, 0.3) is 0 Å². The van der Waals surface area contributed by atoms with Crippen molar-refractivity contribution in [1.29, 1.82) is 0 Å². The number of methoxy groups -OCH3 is 2. The van der Waals surface area contributed by atoms with Gasteiger partial charge < -0.3 is 53.2 Å². The highest BCUT2D eigenvalue weighted by atomic mass is 35.5. The van der Waals surface area contributed by atoms with Crippen LogP contribution in [0.1, 0.15) is 98.7 Å². The first-order chi connectivity index (χ1) is 40.9. The third-order valence-corrected chi connectivity index (χ3v) is 19.1. The van der Waals surface area contributed by atoms with E-state index < -0.39 is 5.92 Å². The molecule has 7 heterocycles. The van der Waals surface area contributed by atoms with Gasteiger partial charge in [0.15, 0.2) is 23.0 Å². The molecule has 5 unspecified atom stereocenters. The SMILES string of the molecule is CCOC(=O)C1CN(C(=O)c2csc(CN(Cc3ccc(Cl)cc3)Cc3ccc4c(c3)OCO4)n2)CCC1C1CCC2C(C1)NC(=O)N2C1CCN(C(=O)c2csc(CN(Cc3ccc4c(c3)OCO4)Cc3ccc(OC)cc3OC)n2)CC1. The summed E-state index contributed by atoms with van der Waals surface area (Å²) in [5.41, 5.74) is 4.97. The number of esters is 1. The molecule has 0 bridgehead atoms. The van der Waals surface area contributed by atoms with Crippen LogP contribution in [-0.2, 0) is 48.8 Å². The second-order valence-electron chi connectivity index (χ2n) is 22.4. The van der Waals surface area contributed by atoms with Gasteiger partial charge in [-0.05, 0) is 116 Å². The minimum Gasteiger partial charge on any atom is -0.497 e. The molecular formula is C62H69ClN8O11S2. The summed E-state index contributed by atoms with van der Waals surface area (Å²) in [6, 6.07) is 25.4. The number of nitrogens with one attached hydrogen (secondary N) is 1. The predicted molar refractivity (Wildman–Crippen MR) is 315 cm³/mol. The molecule has 2 aromatic heterocycles. The molecular weight excluding hydrogens is 1130 g/mol. The van der Waals surface area contributed by atoms with Gasteiger partial charge in [-0.3, -0.25) is 24.2 Å². The van der Waals surface area contributed by atoms with Crippen molar-refractivity contribution in [3.63, 3.8) is 0 Å². The lowest BCUT2D eigenvalue weighted by atomic mass is 9.68. The molecule has 4 aromatic carbocycles. The fraction of sp³-hybridized carbons (Fsp3) is 0.452. The molecule has 22 heteroatoms. The van der Waals surface area contributed by atoms with Gasteiger partial charge in [-0.2, -0.15) is 0 Å². The van der Waals surface area contributed by atoms with E-state index in [1.165, 1.54) is 22.7 Å². The first kappa shape index (κ1) is 57.3. The lowest BCUT2D eigenvalue weighted by Gasteiger charge is -2.45. The van der Waals surface area contributed by atoms with Crippen LogP contribution < -0.4 is 33.7 Å². The van der Waals surface area contributed by atoms with Gasteiger partial charge >= 0.3 is 12.0 Å². The van der Waals surface area contributed by atoms with Crippen LogP contribution in [0.2, 0.25) is 5.02 Å². The van der Waals surface area contributed by atoms with Crippen molar-refractivity contribution in [2.45, 2.75) is 103 Å². The molecule has 84 heavy (non-hydrogen) atoms. The average molecular weight is 1200 g/mol. The van der Waals surface area contributed by atoms with Crippen LogP contribution in [0.4, 0.5) is 4.79 Å². The van der Waals surface area contributed by atoms with Gasteiger partial charge in [-0.25, -0.2) is 14.8 Å². The van der Waals surface area contributed by atoms with Crippen molar-refractivity contribution >= 4 is 58.1 Å². The zero-order chi connectivity index (χ0) is 57.8. The molecule has 6 aliphatic rings. The van der Waals surface area contributed by atoms with E-state index >= 15 is 0 Å². The lowest BCUT2D eigenvalue weighted by molar-refractivity contribution is -0.153. The summed E-state index contributed by atoms with van der Waals surface area (Å²) in [6.45, 7) is 7.58. The van der Waals surface area contributed by atoms with Crippen molar-refractivity contribution in [3.8, 4) is 34.5 Å². The van der Waals surface area contributed by atoms with E-state index in [4.69, 9.17) is 54.7 Å². The molecule has 4 fully saturated rings. The van der Waals surface area contributed by atoms with Crippen molar-refractivity contribution in [2.75, 3.05) is 60.6 Å². The van der Waals surface area contributed by atoms with Gasteiger partial charge in [0.05, 0.1) is 51.9 Å². The highest BCUT2D eigenvalue weighted by molar-refractivity contribution is 7.10. The quantitative estimate of drug-likeness (QED) is 0.0712. The summed E-state index contributed by atoms with van der Waals surface area (Å²) in [5.74, 6) is 3.34. The first-order valence-corrected chi connectivity index (χ1v) is 31.0. The largest absolute Gasteiger partial charge is 0.497 e. The van der Waals surface area contributed by atoms with E-state index in [0.29, 0.717) is 106 Å². The standard InChI is InChI=1S/C62H69ClN8O11S2/c1-4-78-61(74)47-31-70(60(73)50-35-84-57(65-50)32-67(27-38-5-11-43(63)12-6-38)28-39-7-15-52-55(23-39)81-36-79-52)22-19-46(47)41-10-14-51-48(25-41)66-62(75)71(51)44-17-20-69(21-18-44)59(72)49-34-83-58(64-49)33-68(29-40-8-16-53-56(24-40)82-37-80-53)30-42-9-13-45(76-2)26-54(42)77-3/h5-9,11-13,15-16,23-24,26,34-35,41,44,46-48,51H,4,10,14,17-22,25,27-33,36-37H2,1-3H3,(H,66,75). The Morgan fingerprint density at radius 1 is 0.679 bits per heavy atom. The first-order valence-electron chi connectivity index (χ1n) is 28.9. The second-order valence-corrected chi connectivity index (χ2v) is 24.7. The summed E-state index contributed by atoms with van der Waals surface area (Å²) >= 11 is 9.15. The van der Waals surface area contributed by atoms with E-state index in [-0.39, 0.29) is 80.5 Å². The highest BCUT2D eigenvalue weighted by Crippen LogP contribution is 2.44. The zero-order valence-electron chi connectivity index (χ0n) is 47.4. The normalized spacial score (nSPS) is 21.0. The van der Waals surface area contributed by atoms with Gasteiger partial charge in [0.2, 0.25) is 13.6 Å². The molecule has 3 saturated heterocycles. The number of piperidine rings is 2. The number of ether oxygens (including phenoxy) is 7. The smallest absolute Gasteiger partial charge is 0.318 e. The predicted octanol–water partition coefficient (Wildman–Crippen LogP) is 9.64. The third kappa shape index (κ3) is 12.8. The van der Waals surface area contributed by atoms with Crippen LogP contribution in [-0.4, -0.2) is 137 Å². The molecule has 6 aromatic rings. The van der Waals surface area contributed by atoms with E-state index in [1.807, 2.05) is 101 Å². The number of carbonyl (C=O) groups excluding carboxylic acids is 4. The number of hydrogen-bond acceptors (Lipinski definition) is 17. The minimum atomic E-state index is -0.508. The molecule has 1 aliphatic carbocycles. The highest BCUT2D eigenvalue weighted by Gasteiger charge is 2.50. The number of benzene rings is 4. The van der Waals surface area contributed by atoms with Crippen LogP contribution in [0.5, 0.6) is 34.5 Å². The molecule has 0 spiro atoms. The fourth-order valence-electron chi connectivity index (χ4n) is 13.1. The lowest BCUT2D eigenvalue weighted by Crippen LogP contribution is -2.53. The molecule has 1 saturated carbocycles. The Balaban J connectivity index is 0.649. The number of urea groups is 1. The molecule has 5 aliphatic heterocycles. The number of rotatable bonds is 20. The van der Waals surface area contributed by atoms with Crippen LogP contribution >= 0.6 is 34.3 Å². The summed E-state index contributed by atoms with van der Waals surface area (Å²) in [6.07, 6.45) is 4.35. The number of aromatic nitrogens is 2. The van der Waals surface area contributed by atoms with E-state index in [1.54, 1.807) is 19.1 Å². The Morgan fingerprint density at radius 3 is 1.90 bits per heavy atom. The molecule has 442 valence electrons. The summed E-state index contributed by atoms with van der Waals surface area (Å²) in [4.78, 5) is 76.2. The maximum absolute atomic E-state index is 14.3. The van der Waals surface area contributed by atoms with Gasteiger partial charge in [-0.1, -0.05) is 41.9 Å². The van der Waals surface area contributed by atoms with E-state index in [2.05, 4.69) is 20.0 Å². The summed E-state index contributed by atoms with van der Waals surface area (Å²) in [5, 5.41) is 9.30. The van der Waals surface area contributed by atoms with Crippen LogP contribution in [0.15, 0.2) is 89.6 Å². The topological polar surface area (TPSA) is 187 Å². The van der Waals surface area contributed by atoms with Gasteiger partial charge in [0.25, 0.3) is 11.8 Å². The Hall–Kier alpha value is -7.17. The molecule has 19 nitrogen and oxygen atoms in total. The van der Waals surface area contributed by atoms with Crippen molar-refractivity contribution < 1.29 is 52.3 Å². The number of fused-ring (bicyclic) bond motifs is 3. The van der Waals surface area contributed by atoms with E-state index in [9.17, 15) is 19.2 Å². The van der Waals surface area contributed by atoms with Crippen LogP contribution in [0.3, 0.4) is 0 Å². The minimum absolute atomic E-state index is 0.0133. The second kappa shape index (κ2) is 25.6. The van der Waals surface area contributed by atoms with Gasteiger partial charge in [-0.15, -0.1) is 22.7 Å². The van der Waals surface area contributed by atoms with Crippen molar-refractivity contribution in [2.24, 2.45) is 17.8 Å². The number of carbonyl (C=O) groups is 4. The molecule has 4 amide bonds. The molecule has 1 N–H and O–H groups in total. The maximum atomic E-state index is 14.3. The summed E-state index contributed by atoms with van der Waals surface area (Å²) in [7, 11) is 3.28. The fourth-order valence-corrected chi connectivity index (χ4v) is 14.9. The molecule has 5 atom stereocenters. The Morgan fingerprint density at radius 2 is 1.27 bits per heavy atom. The van der Waals surface area contributed by atoms with Crippen molar-refractivity contribution in [3.05, 3.63) is 138 Å². The van der Waals surface area contributed by atoms with E-state index in [0.717, 1.165) is 74.5 Å². The Kier molecular flexibility index (Phi) is 17.4. The number of amides is 4. The zero-order valence-corrected chi connectivity index (χ0v) is 49.8. The van der Waals surface area contributed by atoms with Crippen molar-refractivity contribution in [1.82, 2.24) is 39.8 Å². The van der Waals surface area contributed by atoms with Gasteiger partial charge in [0, 0.05) is 85.8 Å². The number of halogens is 1. The Bertz CT molecular complexity index is 3360. The number of likely N-dealkylation sites (tertiary alicyclic amines) is 2. The monoisotopic (exact) mass is 1200 g/mol. The average Bonchev–Trinajstić information content (AvgIpc) is 4.50. The van der Waals surface area contributed by atoms with Crippen LogP contribution in [0, 0.1) is 17.8 Å². The third-order valence-electron chi connectivity index (χ3n) is 17.2. The van der Waals surface area contributed by atoms with Gasteiger partial charge in [0.1, 0.15) is 32.9 Å². The summed E-state index contributed by atoms with van der Waals surface area (Å²) < 4.78 is 39.4. The molecule has 0 radical (unpaired) electrons. The maximum Gasteiger partial charge on any atom is 0.318 e.